The molecule has 0 fully saturated rings. The molecule has 0 saturated heterocycles. The predicted molar refractivity (Wildman–Crippen MR) is 67.6 cm³/mol. The second-order valence-corrected chi connectivity index (χ2v) is 3.60. The molecule has 0 unspecified atom stereocenters. The first-order valence-electron chi connectivity index (χ1n) is 5.59. The largest absolute Gasteiger partial charge is 0.484 e. The minimum Gasteiger partial charge on any atom is -0.484 e. The molecule has 1 aromatic carbocycles. The summed E-state index contributed by atoms with van der Waals surface area (Å²) in [6.45, 7) is 2.29. The van der Waals surface area contributed by atoms with Crippen LogP contribution in [0.1, 0.15) is 6.92 Å². The molecule has 0 saturated carbocycles. The van der Waals surface area contributed by atoms with E-state index in [9.17, 15) is 4.79 Å². The third-order valence-electron chi connectivity index (χ3n) is 2.32. The summed E-state index contributed by atoms with van der Waals surface area (Å²) in [7, 11) is 0. The van der Waals surface area contributed by atoms with E-state index in [1.807, 2.05) is 25.1 Å². The van der Waals surface area contributed by atoms with Gasteiger partial charge in [-0.15, -0.1) is 0 Å². The number of nitrogens with zero attached hydrogens (tertiary/aromatic N) is 2. The highest BCUT2D eigenvalue weighted by Crippen LogP contribution is 2.08. The van der Waals surface area contributed by atoms with Crippen LogP contribution < -0.4 is 10.5 Å². The lowest BCUT2D eigenvalue weighted by molar-refractivity contribution is -0.132. The Bertz CT molecular complexity index is 406. The zero-order valence-corrected chi connectivity index (χ0v) is 10.2. The number of likely N-dealkylation sites (N-methyl/N-ethyl adjacent to an activating group) is 1. The van der Waals surface area contributed by atoms with Gasteiger partial charge in [-0.2, -0.15) is 0 Å². The van der Waals surface area contributed by atoms with E-state index in [0.29, 0.717) is 12.3 Å². The number of amides is 1. The number of hydrogen-bond donors (Lipinski definition) is 2. The summed E-state index contributed by atoms with van der Waals surface area (Å²) in [5.74, 6) is 0.406. The lowest BCUT2D eigenvalue weighted by atomic mass is 10.3. The van der Waals surface area contributed by atoms with Gasteiger partial charge in [-0.1, -0.05) is 23.4 Å². The fraction of sp³-hybridized carbons (Fsp3) is 0.333. The summed E-state index contributed by atoms with van der Waals surface area (Å²) >= 11 is 0. The van der Waals surface area contributed by atoms with E-state index >= 15 is 0 Å². The number of carbonyl (C=O) groups excluding carboxylic acids is 1. The van der Waals surface area contributed by atoms with E-state index in [2.05, 4.69) is 5.16 Å². The Morgan fingerprint density at radius 2 is 2.11 bits per heavy atom. The zero-order valence-electron chi connectivity index (χ0n) is 10.2. The molecule has 98 valence electrons. The molecule has 0 radical (unpaired) electrons. The molecule has 0 atom stereocenters. The third-order valence-corrected chi connectivity index (χ3v) is 2.32. The maximum Gasteiger partial charge on any atom is 0.260 e. The Morgan fingerprint density at radius 1 is 1.44 bits per heavy atom. The summed E-state index contributed by atoms with van der Waals surface area (Å²) in [6.07, 6.45) is 0. The lowest BCUT2D eigenvalue weighted by Crippen LogP contribution is -2.40. The van der Waals surface area contributed by atoms with Gasteiger partial charge in [0, 0.05) is 6.54 Å². The Labute approximate surface area is 106 Å². The molecule has 3 N–H and O–H groups in total. The van der Waals surface area contributed by atoms with Crippen molar-refractivity contribution in [3.8, 4) is 5.75 Å². The second-order valence-electron chi connectivity index (χ2n) is 3.60. The standard InChI is InChI=1S/C12H17N3O3/c1-2-15(8-11(13)14-17)12(16)9-18-10-6-4-3-5-7-10/h3-7,17H,2,8-9H2,1H3,(H2,13,14). The normalized spacial score (nSPS) is 11.1. The van der Waals surface area contributed by atoms with Gasteiger partial charge in [0.2, 0.25) is 0 Å². The first-order chi connectivity index (χ1) is 8.67. The van der Waals surface area contributed by atoms with Crippen LogP contribution in [0.15, 0.2) is 35.5 Å². The van der Waals surface area contributed by atoms with Gasteiger partial charge in [0.05, 0.1) is 6.54 Å². The van der Waals surface area contributed by atoms with E-state index < -0.39 is 0 Å². The molecular formula is C12H17N3O3. The molecule has 0 aliphatic heterocycles. The maximum atomic E-state index is 11.8. The molecular weight excluding hydrogens is 234 g/mol. The second kappa shape index (κ2) is 7.16. The number of amidine groups is 1. The lowest BCUT2D eigenvalue weighted by Gasteiger charge is -2.20. The van der Waals surface area contributed by atoms with Gasteiger partial charge in [-0.3, -0.25) is 4.79 Å². The topological polar surface area (TPSA) is 88.1 Å². The molecule has 0 heterocycles. The minimum absolute atomic E-state index is 0.00934. The van der Waals surface area contributed by atoms with Gasteiger partial charge in [0.25, 0.3) is 5.91 Å². The number of nitrogens with two attached hydrogens (primary N) is 1. The van der Waals surface area contributed by atoms with E-state index in [0.717, 1.165) is 0 Å². The van der Waals surface area contributed by atoms with Gasteiger partial charge in [-0.25, -0.2) is 0 Å². The molecule has 1 amide bonds. The van der Waals surface area contributed by atoms with E-state index in [1.54, 1.807) is 12.1 Å². The average Bonchev–Trinajstić information content (AvgIpc) is 2.42. The quantitative estimate of drug-likeness (QED) is 0.336. The number of hydrogen-bond acceptors (Lipinski definition) is 4. The van der Waals surface area contributed by atoms with Gasteiger partial charge < -0.3 is 20.6 Å². The van der Waals surface area contributed by atoms with Crippen LogP contribution in [-0.4, -0.2) is 41.5 Å². The number of benzene rings is 1. The number of carbonyl (C=O) groups is 1. The number of para-hydroxylation sites is 1. The highest BCUT2D eigenvalue weighted by molar-refractivity contribution is 5.87. The molecule has 0 bridgehead atoms. The van der Waals surface area contributed by atoms with Crippen molar-refractivity contribution < 1.29 is 14.7 Å². The van der Waals surface area contributed by atoms with Gasteiger partial charge in [0.15, 0.2) is 12.4 Å². The smallest absolute Gasteiger partial charge is 0.260 e. The van der Waals surface area contributed by atoms with Crippen LogP contribution in [0.25, 0.3) is 0 Å². The van der Waals surface area contributed by atoms with Crippen molar-refractivity contribution in [1.82, 2.24) is 4.90 Å². The van der Waals surface area contributed by atoms with Crippen molar-refractivity contribution in [2.24, 2.45) is 10.9 Å². The third kappa shape index (κ3) is 4.32. The Kier molecular flexibility index (Phi) is 5.50. The van der Waals surface area contributed by atoms with Crippen LogP contribution in [0, 0.1) is 0 Å². The predicted octanol–water partition coefficient (Wildman–Crippen LogP) is 0.660. The molecule has 1 aromatic rings. The number of ether oxygens (including phenoxy) is 1. The van der Waals surface area contributed by atoms with Crippen LogP contribution in [-0.2, 0) is 4.79 Å². The van der Waals surface area contributed by atoms with E-state index in [-0.39, 0.29) is 24.9 Å². The Morgan fingerprint density at radius 3 is 2.67 bits per heavy atom. The molecule has 0 spiro atoms. The minimum atomic E-state index is -0.215. The van der Waals surface area contributed by atoms with Crippen molar-refractivity contribution in [3.63, 3.8) is 0 Å². The fourth-order valence-corrected chi connectivity index (χ4v) is 1.36. The Balaban J connectivity index is 2.48. The average molecular weight is 251 g/mol. The summed E-state index contributed by atoms with van der Waals surface area (Å²) in [4.78, 5) is 13.3. The molecule has 0 aliphatic rings. The van der Waals surface area contributed by atoms with Crippen LogP contribution in [0.3, 0.4) is 0 Å². The molecule has 18 heavy (non-hydrogen) atoms. The van der Waals surface area contributed by atoms with Crippen molar-refractivity contribution in [1.29, 1.82) is 0 Å². The molecule has 0 aliphatic carbocycles. The van der Waals surface area contributed by atoms with Gasteiger partial charge >= 0.3 is 0 Å². The van der Waals surface area contributed by atoms with Gasteiger partial charge in [-0.05, 0) is 19.1 Å². The zero-order chi connectivity index (χ0) is 13.4. The summed E-state index contributed by atoms with van der Waals surface area (Å²) in [6, 6.07) is 9.06. The summed E-state index contributed by atoms with van der Waals surface area (Å²) in [5.41, 5.74) is 5.36. The fourth-order valence-electron chi connectivity index (χ4n) is 1.36. The van der Waals surface area contributed by atoms with Crippen LogP contribution in [0.2, 0.25) is 0 Å². The van der Waals surface area contributed by atoms with Crippen molar-refractivity contribution in [3.05, 3.63) is 30.3 Å². The number of rotatable bonds is 6. The molecule has 6 heteroatoms. The first-order valence-corrected chi connectivity index (χ1v) is 5.59. The van der Waals surface area contributed by atoms with E-state index in [1.165, 1.54) is 4.90 Å². The highest BCUT2D eigenvalue weighted by atomic mass is 16.5. The summed E-state index contributed by atoms with van der Waals surface area (Å²) < 4.78 is 5.33. The van der Waals surface area contributed by atoms with E-state index in [4.69, 9.17) is 15.7 Å². The molecule has 6 nitrogen and oxygen atoms in total. The van der Waals surface area contributed by atoms with Crippen LogP contribution >= 0.6 is 0 Å². The monoisotopic (exact) mass is 251 g/mol. The molecule has 1 rings (SSSR count). The van der Waals surface area contributed by atoms with Crippen molar-refractivity contribution in [2.45, 2.75) is 6.92 Å². The van der Waals surface area contributed by atoms with Crippen molar-refractivity contribution in [2.75, 3.05) is 19.7 Å². The molecule has 0 aromatic heterocycles. The first kappa shape index (κ1) is 13.8. The van der Waals surface area contributed by atoms with Crippen LogP contribution in [0.5, 0.6) is 5.75 Å². The Hall–Kier alpha value is -2.24. The summed E-state index contributed by atoms with van der Waals surface area (Å²) in [5, 5.41) is 11.3. The number of oxime groups is 1. The van der Waals surface area contributed by atoms with Crippen molar-refractivity contribution >= 4 is 11.7 Å². The maximum absolute atomic E-state index is 11.8. The SMILES string of the molecule is CCN(CC(N)=NO)C(=O)COc1ccccc1. The highest BCUT2D eigenvalue weighted by Gasteiger charge is 2.13. The van der Waals surface area contributed by atoms with Gasteiger partial charge in [0.1, 0.15) is 5.75 Å². The van der Waals surface area contributed by atoms with Crippen LogP contribution in [0.4, 0.5) is 0 Å².